The van der Waals surface area contributed by atoms with Crippen LogP contribution in [0.15, 0.2) is 30.3 Å². The van der Waals surface area contributed by atoms with Gasteiger partial charge in [-0.15, -0.1) is 12.4 Å². The molecule has 2 nitrogen and oxygen atoms in total. The molecule has 1 aliphatic heterocycles. The lowest BCUT2D eigenvalue weighted by atomic mass is 9.65. The fourth-order valence-electron chi connectivity index (χ4n) is 5.49. The van der Waals surface area contributed by atoms with E-state index < -0.39 is 0 Å². The number of nitrogens with zero attached hydrogens (tertiary/aromatic N) is 2. The summed E-state index contributed by atoms with van der Waals surface area (Å²) in [6.07, 6.45) is 15.2. The zero-order valence-corrected chi connectivity index (χ0v) is 17.9. The van der Waals surface area contributed by atoms with Gasteiger partial charge in [0.15, 0.2) is 0 Å². The standard InChI is InChI=1S/C24H36N2.ClH/c1-2-16-25-17-19-26(20-18-25)23-9-5-4-8-22(23)21-10-14-24(15-11-21)12-6-3-7-13-24;/h4-5,8-10H,2-3,6-7,11-20H2,1H3;1H. The molecule has 1 saturated carbocycles. The number of halogens is 1. The average molecular weight is 389 g/mol. The molecule has 0 radical (unpaired) electrons. The van der Waals surface area contributed by atoms with Gasteiger partial charge in [0.2, 0.25) is 0 Å². The topological polar surface area (TPSA) is 6.48 Å². The first-order valence-corrected chi connectivity index (χ1v) is 11.1. The first-order chi connectivity index (χ1) is 12.8. The van der Waals surface area contributed by atoms with Crippen molar-refractivity contribution in [1.29, 1.82) is 0 Å². The molecular weight excluding hydrogens is 352 g/mol. The molecule has 2 fully saturated rings. The summed E-state index contributed by atoms with van der Waals surface area (Å²) in [5.41, 5.74) is 5.27. The van der Waals surface area contributed by atoms with Gasteiger partial charge in [0.05, 0.1) is 0 Å². The highest BCUT2D eigenvalue weighted by Gasteiger charge is 2.33. The van der Waals surface area contributed by atoms with E-state index in [-0.39, 0.29) is 12.4 Å². The number of allylic oxidation sites excluding steroid dienone is 2. The Hall–Kier alpha value is -0.990. The van der Waals surface area contributed by atoms with Gasteiger partial charge in [-0.05, 0) is 62.1 Å². The van der Waals surface area contributed by atoms with Crippen LogP contribution in [0.4, 0.5) is 5.69 Å². The molecule has 0 amide bonds. The second-order valence-corrected chi connectivity index (χ2v) is 8.84. The lowest BCUT2D eigenvalue weighted by Crippen LogP contribution is -2.46. The second-order valence-electron chi connectivity index (χ2n) is 8.84. The highest BCUT2D eigenvalue weighted by molar-refractivity contribution is 5.85. The van der Waals surface area contributed by atoms with Gasteiger partial charge in [0, 0.05) is 37.4 Å². The number of para-hydroxylation sites is 1. The highest BCUT2D eigenvalue weighted by Crippen LogP contribution is 2.49. The Balaban J connectivity index is 0.00000210. The minimum Gasteiger partial charge on any atom is -0.368 e. The van der Waals surface area contributed by atoms with Crippen molar-refractivity contribution >= 4 is 23.7 Å². The molecule has 2 aliphatic carbocycles. The van der Waals surface area contributed by atoms with Gasteiger partial charge in [-0.1, -0.05) is 50.5 Å². The van der Waals surface area contributed by atoms with E-state index in [1.54, 1.807) is 5.57 Å². The molecule has 1 aromatic rings. The van der Waals surface area contributed by atoms with E-state index >= 15 is 0 Å². The summed E-state index contributed by atoms with van der Waals surface area (Å²) in [7, 11) is 0. The van der Waals surface area contributed by atoms with Crippen LogP contribution in [0.1, 0.15) is 70.3 Å². The fourth-order valence-corrected chi connectivity index (χ4v) is 5.49. The third-order valence-corrected chi connectivity index (χ3v) is 7.12. The molecule has 0 bridgehead atoms. The summed E-state index contributed by atoms with van der Waals surface area (Å²) in [5, 5.41) is 0. The SMILES string of the molecule is CCCN1CCN(c2ccccc2C2=CCC3(CCCCC3)CC2)CC1.Cl. The second kappa shape index (κ2) is 9.47. The minimum atomic E-state index is 0. The summed E-state index contributed by atoms with van der Waals surface area (Å²) < 4.78 is 0. The van der Waals surface area contributed by atoms with Gasteiger partial charge in [0.25, 0.3) is 0 Å². The molecule has 3 aliphatic rings. The van der Waals surface area contributed by atoms with Crippen molar-refractivity contribution in [1.82, 2.24) is 4.90 Å². The maximum atomic E-state index is 2.63. The van der Waals surface area contributed by atoms with Crippen molar-refractivity contribution in [3.63, 3.8) is 0 Å². The van der Waals surface area contributed by atoms with E-state index in [2.05, 4.69) is 47.1 Å². The number of piperazine rings is 1. The molecule has 3 heteroatoms. The number of benzene rings is 1. The number of hydrogen-bond acceptors (Lipinski definition) is 2. The van der Waals surface area contributed by atoms with Gasteiger partial charge in [0.1, 0.15) is 0 Å². The van der Waals surface area contributed by atoms with Gasteiger partial charge in [-0.2, -0.15) is 0 Å². The molecule has 1 saturated heterocycles. The average Bonchev–Trinajstić information content (AvgIpc) is 2.70. The van der Waals surface area contributed by atoms with Gasteiger partial charge >= 0.3 is 0 Å². The quantitative estimate of drug-likeness (QED) is 0.609. The van der Waals surface area contributed by atoms with Crippen LogP contribution in [0.25, 0.3) is 5.57 Å². The minimum absolute atomic E-state index is 0. The maximum Gasteiger partial charge on any atom is 0.0443 e. The summed E-state index contributed by atoms with van der Waals surface area (Å²) in [4.78, 5) is 5.25. The van der Waals surface area contributed by atoms with Crippen molar-refractivity contribution in [3.8, 4) is 0 Å². The molecular formula is C24H37ClN2. The van der Waals surface area contributed by atoms with Crippen molar-refractivity contribution < 1.29 is 0 Å². The van der Waals surface area contributed by atoms with E-state index in [9.17, 15) is 0 Å². The van der Waals surface area contributed by atoms with Crippen LogP contribution in [-0.2, 0) is 0 Å². The predicted octanol–water partition coefficient (Wildman–Crippen LogP) is 6.16. The van der Waals surface area contributed by atoms with Crippen LogP contribution in [-0.4, -0.2) is 37.6 Å². The zero-order chi connectivity index (χ0) is 17.8. The maximum absolute atomic E-state index is 2.63. The Morgan fingerprint density at radius 3 is 2.33 bits per heavy atom. The molecule has 1 aromatic carbocycles. The third-order valence-electron chi connectivity index (χ3n) is 7.12. The lowest BCUT2D eigenvalue weighted by molar-refractivity contribution is 0.172. The Labute approximate surface area is 172 Å². The number of rotatable bonds is 4. The normalized spacial score (nSPS) is 23.0. The molecule has 1 heterocycles. The van der Waals surface area contributed by atoms with Crippen molar-refractivity contribution in [2.75, 3.05) is 37.6 Å². The van der Waals surface area contributed by atoms with E-state index in [0.717, 1.165) is 0 Å². The van der Waals surface area contributed by atoms with Gasteiger partial charge < -0.3 is 4.90 Å². The fraction of sp³-hybridized carbons (Fsp3) is 0.667. The summed E-state index contributed by atoms with van der Waals surface area (Å²) in [6, 6.07) is 9.19. The van der Waals surface area contributed by atoms with Gasteiger partial charge in [-0.3, -0.25) is 4.90 Å². The molecule has 27 heavy (non-hydrogen) atoms. The monoisotopic (exact) mass is 388 g/mol. The van der Waals surface area contributed by atoms with E-state index in [1.807, 2.05) is 0 Å². The first kappa shape index (κ1) is 20.7. The summed E-state index contributed by atoms with van der Waals surface area (Å²) >= 11 is 0. The molecule has 1 spiro atoms. The van der Waals surface area contributed by atoms with Crippen LogP contribution >= 0.6 is 12.4 Å². The predicted molar refractivity (Wildman–Crippen MR) is 120 cm³/mol. The van der Waals surface area contributed by atoms with Crippen LogP contribution in [0, 0.1) is 5.41 Å². The summed E-state index contributed by atoms with van der Waals surface area (Å²) in [6.45, 7) is 8.32. The number of anilines is 1. The molecule has 0 aromatic heterocycles. The van der Waals surface area contributed by atoms with Crippen LogP contribution < -0.4 is 4.90 Å². The van der Waals surface area contributed by atoms with Crippen LogP contribution in [0.2, 0.25) is 0 Å². The Morgan fingerprint density at radius 2 is 1.67 bits per heavy atom. The van der Waals surface area contributed by atoms with E-state index in [1.165, 1.54) is 102 Å². The Morgan fingerprint density at radius 1 is 0.926 bits per heavy atom. The smallest absolute Gasteiger partial charge is 0.0443 e. The Kier molecular flexibility index (Phi) is 7.28. The van der Waals surface area contributed by atoms with Crippen molar-refractivity contribution in [2.45, 2.75) is 64.7 Å². The van der Waals surface area contributed by atoms with Gasteiger partial charge in [-0.25, -0.2) is 0 Å². The van der Waals surface area contributed by atoms with E-state index in [0.29, 0.717) is 5.41 Å². The first-order valence-electron chi connectivity index (χ1n) is 11.1. The third kappa shape index (κ3) is 4.71. The molecule has 0 N–H and O–H groups in total. The zero-order valence-electron chi connectivity index (χ0n) is 17.1. The molecule has 4 rings (SSSR count). The molecule has 0 atom stereocenters. The Bertz CT molecular complexity index is 625. The largest absolute Gasteiger partial charge is 0.368 e. The highest BCUT2D eigenvalue weighted by atomic mass is 35.5. The lowest BCUT2D eigenvalue weighted by Gasteiger charge is -2.41. The molecule has 150 valence electrons. The molecule has 0 unspecified atom stereocenters. The van der Waals surface area contributed by atoms with Crippen LogP contribution in [0.5, 0.6) is 0 Å². The van der Waals surface area contributed by atoms with E-state index in [4.69, 9.17) is 0 Å². The van der Waals surface area contributed by atoms with Crippen molar-refractivity contribution in [3.05, 3.63) is 35.9 Å². The summed E-state index contributed by atoms with van der Waals surface area (Å²) in [5.74, 6) is 0. The van der Waals surface area contributed by atoms with Crippen LogP contribution in [0.3, 0.4) is 0 Å². The van der Waals surface area contributed by atoms with Crippen molar-refractivity contribution in [2.24, 2.45) is 5.41 Å². The number of hydrogen-bond donors (Lipinski definition) is 0.